The molecule has 0 N–H and O–H groups in total. The predicted molar refractivity (Wildman–Crippen MR) is 51.5 cm³/mol. The van der Waals surface area contributed by atoms with Crippen LogP contribution in [0.2, 0.25) is 0 Å². The standard InChI is InChI=1S/C10H19NO2/c1-11(9-5-3-6-9)8-4-7-10(12)13-2/h9H,3-8H2,1-2H3. The molecule has 0 unspecified atom stereocenters. The first-order valence-electron chi connectivity index (χ1n) is 5.01. The molecular weight excluding hydrogens is 166 g/mol. The molecule has 0 aromatic rings. The topological polar surface area (TPSA) is 29.5 Å². The van der Waals surface area contributed by atoms with Crippen LogP contribution in [0.25, 0.3) is 0 Å². The van der Waals surface area contributed by atoms with Crippen LogP contribution in [0.15, 0.2) is 0 Å². The average molecular weight is 185 g/mol. The molecule has 0 aliphatic heterocycles. The highest BCUT2D eigenvalue weighted by Crippen LogP contribution is 2.23. The average Bonchev–Trinajstić information content (AvgIpc) is 2.01. The number of ether oxygens (including phenoxy) is 1. The van der Waals surface area contributed by atoms with E-state index in [1.165, 1.54) is 26.4 Å². The molecule has 0 radical (unpaired) electrons. The summed E-state index contributed by atoms with van der Waals surface area (Å²) in [6, 6.07) is 0.776. The van der Waals surface area contributed by atoms with Gasteiger partial charge in [-0.25, -0.2) is 0 Å². The molecule has 0 atom stereocenters. The summed E-state index contributed by atoms with van der Waals surface area (Å²) in [6.45, 7) is 1.01. The fraction of sp³-hybridized carbons (Fsp3) is 0.900. The highest BCUT2D eigenvalue weighted by Gasteiger charge is 2.21. The van der Waals surface area contributed by atoms with Crippen molar-refractivity contribution in [1.82, 2.24) is 4.90 Å². The Morgan fingerprint density at radius 3 is 2.69 bits per heavy atom. The van der Waals surface area contributed by atoms with Crippen LogP contribution in [-0.4, -0.2) is 37.6 Å². The molecule has 3 heteroatoms. The summed E-state index contributed by atoms with van der Waals surface area (Å²) in [5.74, 6) is -0.0954. The summed E-state index contributed by atoms with van der Waals surface area (Å²) >= 11 is 0. The van der Waals surface area contributed by atoms with Gasteiger partial charge in [-0.15, -0.1) is 0 Å². The molecular formula is C10H19NO2. The third-order valence-electron chi connectivity index (χ3n) is 2.82. The van der Waals surface area contributed by atoms with Crippen molar-refractivity contribution < 1.29 is 9.53 Å². The molecule has 1 rings (SSSR count). The lowest BCUT2D eigenvalue weighted by atomic mass is 9.92. The van der Waals surface area contributed by atoms with Crippen molar-refractivity contribution in [2.75, 3.05) is 20.7 Å². The Morgan fingerprint density at radius 1 is 1.54 bits per heavy atom. The molecule has 13 heavy (non-hydrogen) atoms. The fourth-order valence-corrected chi connectivity index (χ4v) is 1.58. The Labute approximate surface area is 80.1 Å². The number of carbonyl (C=O) groups excluding carboxylic acids is 1. The van der Waals surface area contributed by atoms with Gasteiger partial charge in [-0.1, -0.05) is 6.42 Å². The molecule has 0 heterocycles. The molecule has 3 nitrogen and oxygen atoms in total. The number of nitrogens with zero attached hydrogens (tertiary/aromatic N) is 1. The lowest BCUT2D eigenvalue weighted by Crippen LogP contribution is -2.37. The third-order valence-corrected chi connectivity index (χ3v) is 2.82. The maximum atomic E-state index is 10.8. The van der Waals surface area contributed by atoms with Gasteiger partial charge in [0, 0.05) is 12.5 Å². The summed E-state index contributed by atoms with van der Waals surface area (Å²) in [4.78, 5) is 13.2. The van der Waals surface area contributed by atoms with Crippen LogP contribution in [-0.2, 0) is 9.53 Å². The van der Waals surface area contributed by atoms with Crippen molar-refractivity contribution in [2.24, 2.45) is 0 Å². The maximum Gasteiger partial charge on any atom is 0.305 e. The zero-order valence-corrected chi connectivity index (χ0v) is 8.58. The first kappa shape index (κ1) is 10.5. The highest BCUT2D eigenvalue weighted by molar-refractivity contribution is 5.69. The van der Waals surface area contributed by atoms with Crippen LogP contribution < -0.4 is 0 Å². The second-order valence-corrected chi connectivity index (χ2v) is 3.75. The number of hydrogen-bond donors (Lipinski definition) is 0. The van der Waals surface area contributed by atoms with E-state index in [9.17, 15) is 4.79 Å². The molecule has 1 aliphatic rings. The lowest BCUT2D eigenvalue weighted by Gasteiger charge is -2.34. The van der Waals surface area contributed by atoms with E-state index in [2.05, 4.69) is 16.7 Å². The van der Waals surface area contributed by atoms with Crippen molar-refractivity contribution >= 4 is 5.97 Å². The van der Waals surface area contributed by atoms with Crippen LogP contribution >= 0.6 is 0 Å². The molecule has 0 bridgehead atoms. The van der Waals surface area contributed by atoms with Gasteiger partial charge in [0.2, 0.25) is 0 Å². The van der Waals surface area contributed by atoms with Crippen LogP contribution in [0.1, 0.15) is 32.1 Å². The second kappa shape index (κ2) is 5.22. The molecule has 76 valence electrons. The van der Waals surface area contributed by atoms with Crippen molar-refractivity contribution in [1.29, 1.82) is 0 Å². The van der Waals surface area contributed by atoms with Crippen LogP contribution in [0.5, 0.6) is 0 Å². The molecule has 0 aromatic carbocycles. The van der Waals surface area contributed by atoms with Gasteiger partial charge in [-0.3, -0.25) is 4.79 Å². The Morgan fingerprint density at radius 2 is 2.23 bits per heavy atom. The summed E-state index contributed by atoms with van der Waals surface area (Å²) in [5, 5.41) is 0. The number of methoxy groups -OCH3 is 1. The molecule has 1 fully saturated rings. The minimum absolute atomic E-state index is 0.0954. The minimum Gasteiger partial charge on any atom is -0.469 e. The highest BCUT2D eigenvalue weighted by atomic mass is 16.5. The van der Waals surface area contributed by atoms with Gasteiger partial charge in [0.1, 0.15) is 0 Å². The van der Waals surface area contributed by atoms with Crippen LogP contribution in [0.3, 0.4) is 0 Å². The van der Waals surface area contributed by atoms with E-state index in [4.69, 9.17) is 0 Å². The molecule has 0 saturated heterocycles. The normalized spacial score (nSPS) is 17.2. The summed E-state index contributed by atoms with van der Waals surface area (Å²) < 4.78 is 4.58. The van der Waals surface area contributed by atoms with Gasteiger partial charge >= 0.3 is 5.97 Å². The molecule has 0 aromatic heterocycles. The van der Waals surface area contributed by atoms with Crippen molar-refractivity contribution in [3.63, 3.8) is 0 Å². The fourth-order valence-electron chi connectivity index (χ4n) is 1.58. The van der Waals surface area contributed by atoms with Gasteiger partial charge in [-0.05, 0) is 32.9 Å². The van der Waals surface area contributed by atoms with E-state index < -0.39 is 0 Å². The van der Waals surface area contributed by atoms with Gasteiger partial charge < -0.3 is 9.64 Å². The SMILES string of the molecule is COC(=O)CCCN(C)C1CCC1. The van der Waals surface area contributed by atoms with E-state index in [0.29, 0.717) is 6.42 Å². The Balaban J connectivity index is 2.01. The Kier molecular flexibility index (Phi) is 4.22. The van der Waals surface area contributed by atoms with Gasteiger partial charge in [0.05, 0.1) is 7.11 Å². The second-order valence-electron chi connectivity index (χ2n) is 3.75. The van der Waals surface area contributed by atoms with E-state index >= 15 is 0 Å². The monoisotopic (exact) mass is 185 g/mol. The summed E-state index contributed by atoms with van der Waals surface area (Å²) in [5.41, 5.74) is 0. The minimum atomic E-state index is -0.0954. The smallest absolute Gasteiger partial charge is 0.305 e. The van der Waals surface area contributed by atoms with Gasteiger partial charge in [0.25, 0.3) is 0 Å². The number of carbonyl (C=O) groups is 1. The summed E-state index contributed by atoms with van der Waals surface area (Å²) in [7, 11) is 3.58. The quantitative estimate of drug-likeness (QED) is 0.607. The molecule has 1 aliphatic carbocycles. The first-order valence-corrected chi connectivity index (χ1v) is 5.01. The zero-order chi connectivity index (χ0) is 9.68. The van der Waals surface area contributed by atoms with E-state index in [1.807, 2.05) is 0 Å². The van der Waals surface area contributed by atoms with Crippen molar-refractivity contribution in [2.45, 2.75) is 38.1 Å². The molecule has 0 spiro atoms. The van der Waals surface area contributed by atoms with Crippen molar-refractivity contribution in [3.05, 3.63) is 0 Å². The number of esters is 1. The number of hydrogen-bond acceptors (Lipinski definition) is 3. The van der Waals surface area contributed by atoms with E-state index in [0.717, 1.165) is 19.0 Å². The molecule has 1 saturated carbocycles. The maximum absolute atomic E-state index is 10.8. The third kappa shape index (κ3) is 3.35. The first-order chi connectivity index (χ1) is 6.24. The van der Waals surface area contributed by atoms with Crippen molar-refractivity contribution in [3.8, 4) is 0 Å². The Hall–Kier alpha value is -0.570. The zero-order valence-electron chi connectivity index (χ0n) is 8.58. The lowest BCUT2D eigenvalue weighted by molar-refractivity contribution is -0.140. The summed E-state index contributed by atoms with van der Waals surface area (Å²) in [6.07, 6.45) is 5.49. The van der Waals surface area contributed by atoms with Gasteiger partial charge in [-0.2, -0.15) is 0 Å². The van der Waals surface area contributed by atoms with E-state index in [-0.39, 0.29) is 5.97 Å². The van der Waals surface area contributed by atoms with Gasteiger partial charge in [0.15, 0.2) is 0 Å². The Bertz CT molecular complexity index is 166. The largest absolute Gasteiger partial charge is 0.469 e. The van der Waals surface area contributed by atoms with Crippen LogP contribution in [0, 0.1) is 0 Å². The number of rotatable bonds is 5. The van der Waals surface area contributed by atoms with Crippen LogP contribution in [0.4, 0.5) is 0 Å². The predicted octanol–water partition coefficient (Wildman–Crippen LogP) is 1.42. The van der Waals surface area contributed by atoms with E-state index in [1.54, 1.807) is 0 Å². The molecule has 0 amide bonds.